The van der Waals surface area contributed by atoms with Crippen molar-refractivity contribution < 1.29 is 23.1 Å². The average molecular weight is 355 g/mol. The summed E-state index contributed by atoms with van der Waals surface area (Å²) in [5.74, 6) is -1.11. The molecule has 1 heterocycles. The maximum atomic E-state index is 12.3. The van der Waals surface area contributed by atoms with Crippen LogP contribution in [0.15, 0.2) is 24.3 Å². The van der Waals surface area contributed by atoms with E-state index in [0.717, 1.165) is 12.0 Å². The standard InChI is InChI=1S/C15H21N3O5S/c1-16-24(22,23)10-13-3-2-8-18(13)15(21)17-9-11-4-6-12(7-5-11)14(19)20/h4-7,13,16H,2-3,8-10H2,1H3,(H,17,21)(H,19,20). The van der Waals surface area contributed by atoms with Gasteiger partial charge in [0.05, 0.1) is 11.3 Å². The van der Waals surface area contributed by atoms with Crippen molar-refractivity contribution in [2.24, 2.45) is 0 Å². The number of aromatic carboxylic acids is 1. The molecule has 0 aliphatic carbocycles. The number of benzene rings is 1. The van der Waals surface area contributed by atoms with Gasteiger partial charge in [0.25, 0.3) is 0 Å². The number of nitrogens with one attached hydrogen (secondary N) is 2. The number of hydrogen-bond acceptors (Lipinski definition) is 4. The summed E-state index contributed by atoms with van der Waals surface area (Å²) in [4.78, 5) is 24.6. The van der Waals surface area contributed by atoms with Crippen LogP contribution in [0.1, 0.15) is 28.8 Å². The van der Waals surface area contributed by atoms with Gasteiger partial charge in [-0.05, 0) is 37.6 Å². The van der Waals surface area contributed by atoms with Gasteiger partial charge in [-0.3, -0.25) is 0 Å². The zero-order chi connectivity index (χ0) is 17.7. The number of carboxylic acid groups (broad SMARTS) is 1. The van der Waals surface area contributed by atoms with Crippen molar-refractivity contribution >= 4 is 22.0 Å². The molecule has 2 rings (SSSR count). The van der Waals surface area contributed by atoms with Crippen LogP contribution in [0.5, 0.6) is 0 Å². The van der Waals surface area contributed by atoms with Gasteiger partial charge in [0.15, 0.2) is 0 Å². The number of carbonyl (C=O) groups is 2. The third-order valence-electron chi connectivity index (χ3n) is 4.01. The predicted octanol–water partition coefficient (Wildman–Crippen LogP) is 0.608. The summed E-state index contributed by atoms with van der Waals surface area (Å²) in [5, 5.41) is 11.6. The van der Waals surface area contributed by atoms with E-state index >= 15 is 0 Å². The van der Waals surface area contributed by atoms with E-state index in [0.29, 0.717) is 13.0 Å². The monoisotopic (exact) mass is 355 g/mol. The Balaban J connectivity index is 1.92. The summed E-state index contributed by atoms with van der Waals surface area (Å²) in [6, 6.07) is 5.57. The molecule has 0 spiro atoms. The zero-order valence-electron chi connectivity index (χ0n) is 13.4. The molecular formula is C15H21N3O5S. The van der Waals surface area contributed by atoms with Crippen molar-refractivity contribution in [3.05, 3.63) is 35.4 Å². The molecule has 1 aromatic carbocycles. The molecule has 1 atom stereocenters. The Hall–Kier alpha value is -2.13. The van der Waals surface area contributed by atoms with E-state index in [4.69, 9.17) is 5.11 Å². The molecule has 1 saturated heterocycles. The summed E-state index contributed by atoms with van der Waals surface area (Å²) in [6.45, 7) is 0.772. The normalized spacial score (nSPS) is 17.7. The van der Waals surface area contributed by atoms with Crippen LogP contribution in [0.25, 0.3) is 0 Å². The van der Waals surface area contributed by atoms with Gasteiger partial charge in [-0.25, -0.2) is 22.7 Å². The van der Waals surface area contributed by atoms with E-state index in [9.17, 15) is 18.0 Å². The largest absolute Gasteiger partial charge is 0.478 e. The van der Waals surface area contributed by atoms with Crippen molar-refractivity contribution in [3.8, 4) is 0 Å². The molecule has 1 unspecified atom stereocenters. The van der Waals surface area contributed by atoms with Gasteiger partial charge >= 0.3 is 12.0 Å². The third kappa shape index (κ3) is 4.68. The van der Waals surface area contributed by atoms with E-state index in [2.05, 4.69) is 10.0 Å². The van der Waals surface area contributed by atoms with Crippen molar-refractivity contribution in [1.82, 2.24) is 14.9 Å². The maximum Gasteiger partial charge on any atom is 0.335 e. The van der Waals surface area contributed by atoms with Gasteiger partial charge in [-0.1, -0.05) is 12.1 Å². The lowest BCUT2D eigenvalue weighted by Crippen LogP contribution is -2.46. The molecule has 8 nitrogen and oxygen atoms in total. The first-order valence-corrected chi connectivity index (χ1v) is 9.25. The van der Waals surface area contributed by atoms with Gasteiger partial charge in [-0.15, -0.1) is 0 Å². The average Bonchev–Trinajstić information content (AvgIpc) is 3.00. The highest BCUT2D eigenvalue weighted by molar-refractivity contribution is 7.89. The van der Waals surface area contributed by atoms with E-state index in [-0.39, 0.29) is 29.9 Å². The number of amides is 2. The van der Waals surface area contributed by atoms with Gasteiger partial charge in [-0.2, -0.15) is 0 Å². The van der Waals surface area contributed by atoms with Crippen LogP contribution in [0.4, 0.5) is 4.79 Å². The third-order valence-corrected chi connectivity index (χ3v) is 5.45. The molecule has 0 bridgehead atoms. The molecule has 1 aliphatic rings. The molecular weight excluding hydrogens is 334 g/mol. The Kier molecular flexibility index (Phi) is 5.79. The maximum absolute atomic E-state index is 12.3. The molecule has 1 aromatic rings. The minimum atomic E-state index is -3.38. The summed E-state index contributed by atoms with van der Waals surface area (Å²) in [5.41, 5.74) is 0.953. The smallest absolute Gasteiger partial charge is 0.335 e. The fourth-order valence-electron chi connectivity index (χ4n) is 2.66. The zero-order valence-corrected chi connectivity index (χ0v) is 14.2. The SMILES string of the molecule is CNS(=O)(=O)CC1CCCN1C(=O)NCc1ccc(C(=O)O)cc1. The highest BCUT2D eigenvalue weighted by Gasteiger charge is 2.31. The molecule has 2 amide bonds. The van der Waals surface area contributed by atoms with Gasteiger partial charge < -0.3 is 15.3 Å². The lowest BCUT2D eigenvalue weighted by molar-refractivity contribution is 0.0696. The van der Waals surface area contributed by atoms with Crippen molar-refractivity contribution in [2.45, 2.75) is 25.4 Å². The Morgan fingerprint density at radius 3 is 2.54 bits per heavy atom. The second-order valence-corrected chi connectivity index (χ2v) is 7.61. The van der Waals surface area contributed by atoms with E-state index in [1.54, 1.807) is 17.0 Å². The first kappa shape index (κ1) is 18.2. The molecule has 0 saturated carbocycles. The number of nitrogens with zero attached hydrogens (tertiary/aromatic N) is 1. The molecule has 0 radical (unpaired) electrons. The summed E-state index contributed by atoms with van der Waals surface area (Å²) in [7, 11) is -2.02. The van der Waals surface area contributed by atoms with Crippen LogP contribution in [0.2, 0.25) is 0 Å². The van der Waals surface area contributed by atoms with Gasteiger partial charge in [0.2, 0.25) is 10.0 Å². The fraction of sp³-hybridized carbons (Fsp3) is 0.467. The van der Waals surface area contributed by atoms with Crippen molar-refractivity contribution in [2.75, 3.05) is 19.3 Å². The van der Waals surface area contributed by atoms with Crippen LogP contribution in [-0.2, 0) is 16.6 Å². The number of rotatable bonds is 6. The minimum absolute atomic E-state index is 0.107. The fourth-order valence-corrected chi connectivity index (χ4v) is 3.68. The number of likely N-dealkylation sites (tertiary alicyclic amines) is 1. The first-order chi connectivity index (χ1) is 11.3. The predicted molar refractivity (Wildman–Crippen MR) is 88.2 cm³/mol. The molecule has 1 fully saturated rings. The highest BCUT2D eigenvalue weighted by atomic mass is 32.2. The Labute approximate surface area is 140 Å². The van der Waals surface area contributed by atoms with Crippen molar-refractivity contribution in [3.63, 3.8) is 0 Å². The summed E-state index contributed by atoms with van der Waals surface area (Å²) >= 11 is 0. The topological polar surface area (TPSA) is 116 Å². The number of carbonyl (C=O) groups excluding carboxylic acids is 1. The van der Waals surface area contributed by atoms with Crippen LogP contribution >= 0.6 is 0 Å². The van der Waals surface area contributed by atoms with E-state index in [1.807, 2.05) is 0 Å². The lowest BCUT2D eigenvalue weighted by Gasteiger charge is -2.24. The summed E-state index contributed by atoms with van der Waals surface area (Å²) in [6.07, 6.45) is 1.42. The molecule has 9 heteroatoms. The second-order valence-electron chi connectivity index (χ2n) is 5.64. The molecule has 24 heavy (non-hydrogen) atoms. The Morgan fingerprint density at radius 2 is 1.96 bits per heavy atom. The van der Waals surface area contributed by atoms with Crippen LogP contribution < -0.4 is 10.0 Å². The number of sulfonamides is 1. The Bertz CT molecular complexity index is 702. The van der Waals surface area contributed by atoms with Crippen molar-refractivity contribution in [1.29, 1.82) is 0 Å². The number of carboxylic acids is 1. The second kappa shape index (κ2) is 7.63. The highest BCUT2D eigenvalue weighted by Crippen LogP contribution is 2.18. The number of urea groups is 1. The van der Waals surface area contributed by atoms with E-state index in [1.165, 1.54) is 19.2 Å². The molecule has 132 valence electrons. The van der Waals surface area contributed by atoms with Crippen LogP contribution in [-0.4, -0.2) is 55.8 Å². The summed E-state index contributed by atoms with van der Waals surface area (Å²) < 4.78 is 25.6. The quantitative estimate of drug-likeness (QED) is 0.691. The van der Waals surface area contributed by atoms with Gasteiger partial charge in [0.1, 0.15) is 0 Å². The number of hydrogen-bond donors (Lipinski definition) is 3. The van der Waals surface area contributed by atoms with E-state index < -0.39 is 16.0 Å². The van der Waals surface area contributed by atoms with Crippen LogP contribution in [0.3, 0.4) is 0 Å². The molecule has 3 N–H and O–H groups in total. The minimum Gasteiger partial charge on any atom is -0.478 e. The van der Waals surface area contributed by atoms with Crippen LogP contribution in [0, 0.1) is 0 Å². The first-order valence-electron chi connectivity index (χ1n) is 7.60. The Morgan fingerprint density at radius 1 is 1.29 bits per heavy atom. The molecule has 1 aliphatic heterocycles. The molecule has 0 aromatic heterocycles. The van der Waals surface area contributed by atoms with Gasteiger partial charge in [0, 0.05) is 19.1 Å². The lowest BCUT2D eigenvalue weighted by atomic mass is 10.1.